The van der Waals surface area contributed by atoms with Crippen molar-refractivity contribution in [1.29, 1.82) is 0 Å². The number of sulfone groups is 1. The number of rotatable bonds is 7. The maximum Gasteiger partial charge on any atom is 0.179 e. The Labute approximate surface area is 192 Å². The van der Waals surface area contributed by atoms with E-state index in [-0.39, 0.29) is 17.7 Å². The minimum atomic E-state index is -3.31. The molecule has 2 atom stereocenters. The van der Waals surface area contributed by atoms with E-state index < -0.39 is 9.84 Å². The molecule has 5 rings (SSSR count). The van der Waals surface area contributed by atoms with Crippen LogP contribution in [0.2, 0.25) is 0 Å². The molecule has 2 aromatic rings. The number of hydrogen-bond donors (Lipinski definition) is 1. The largest absolute Gasteiger partial charge is 0.494 e. The van der Waals surface area contributed by atoms with Crippen molar-refractivity contribution in [2.75, 3.05) is 48.3 Å². The lowest BCUT2D eigenvalue weighted by Gasteiger charge is -2.48. The molecule has 0 amide bonds. The van der Waals surface area contributed by atoms with Gasteiger partial charge in [0.1, 0.15) is 5.75 Å². The molecule has 3 saturated heterocycles. The predicted molar refractivity (Wildman–Crippen MR) is 130 cm³/mol. The maximum absolute atomic E-state index is 12.3. The first-order valence-corrected chi connectivity index (χ1v) is 13.2. The molecule has 3 aliphatic rings. The summed E-state index contributed by atoms with van der Waals surface area (Å²) in [5, 5.41) is 0. The summed E-state index contributed by atoms with van der Waals surface area (Å²) in [7, 11) is -3.31. The van der Waals surface area contributed by atoms with Crippen LogP contribution in [0.3, 0.4) is 0 Å². The Morgan fingerprint density at radius 2 is 1.66 bits per heavy atom. The molecule has 2 unspecified atom stereocenters. The molecule has 3 fully saturated rings. The third-order valence-corrected chi connectivity index (χ3v) is 8.61. The molecular formula is C25H35N3O3S. The Morgan fingerprint density at radius 1 is 1.00 bits per heavy atom. The summed E-state index contributed by atoms with van der Waals surface area (Å²) < 4.78 is 30.3. The fourth-order valence-corrected chi connectivity index (χ4v) is 6.47. The van der Waals surface area contributed by atoms with Gasteiger partial charge in [0.25, 0.3) is 0 Å². The summed E-state index contributed by atoms with van der Waals surface area (Å²) in [6.45, 7) is 10.5. The van der Waals surface area contributed by atoms with Crippen LogP contribution in [0.25, 0.3) is 0 Å². The summed E-state index contributed by atoms with van der Waals surface area (Å²) in [4.78, 5) is 5.34. The molecule has 0 spiro atoms. The van der Waals surface area contributed by atoms with Crippen molar-refractivity contribution in [3.63, 3.8) is 0 Å². The number of benzene rings is 2. The minimum Gasteiger partial charge on any atom is -0.494 e. The van der Waals surface area contributed by atoms with Gasteiger partial charge >= 0.3 is 0 Å². The Balaban J connectivity index is 1.58. The van der Waals surface area contributed by atoms with E-state index in [9.17, 15) is 8.42 Å². The van der Waals surface area contributed by atoms with Crippen molar-refractivity contribution in [1.82, 2.24) is 0 Å². The van der Waals surface area contributed by atoms with E-state index in [0.29, 0.717) is 23.5 Å². The molecule has 6 nitrogen and oxygen atoms in total. The Hall–Kier alpha value is -2.25. The second-order valence-electron chi connectivity index (χ2n) is 9.66. The molecule has 0 aromatic heterocycles. The number of nitrogens with zero attached hydrogens (tertiary/aromatic N) is 2. The van der Waals surface area contributed by atoms with Gasteiger partial charge in [-0.05, 0) is 73.2 Å². The van der Waals surface area contributed by atoms with Crippen LogP contribution in [0, 0.1) is 11.3 Å². The van der Waals surface area contributed by atoms with Gasteiger partial charge in [-0.2, -0.15) is 0 Å². The third kappa shape index (κ3) is 4.59. The Bertz CT molecular complexity index is 1020. The first-order chi connectivity index (χ1) is 15.2. The maximum atomic E-state index is 12.3. The van der Waals surface area contributed by atoms with E-state index in [2.05, 4.69) is 47.9 Å². The highest BCUT2D eigenvalue weighted by molar-refractivity contribution is 7.91. The first kappa shape index (κ1) is 22.9. The van der Waals surface area contributed by atoms with Gasteiger partial charge in [-0.25, -0.2) is 8.42 Å². The highest BCUT2D eigenvalue weighted by atomic mass is 32.2. The van der Waals surface area contributed by atoms with Crippen LogP contribution in [-0.4, -0.2) is 53.0 Å². The van der Waals surface area contributed by atoms with Gasteiger partial charge in [0.15, 0.2) is 9.84 Å². The molecule has 7 heteroatoms. The highest BCUT2D eigenvalue weighted by Crippen LogP contribution is 2.44. The quantitative estimate of drug-likeness (QED) is 0.685. The van der Waals surface area contributed by atoms with Crippen LogP contribution in [0.5, 0.6) is 5.75 Å². The fraction of sp³-hybridized carbons (Fsp3) is 0.520. The fourth-order valence-electron chi connectivity index (χ4n) is 5.37. The minimum absolute atomic E-state index is 0.0224. The molecule has 3 aliphatic heterocycles. The molecule has 0 radical (unpaired) electrons. The van der Waals surface area contributed by atoms with Crippen molar-refractivity contribution in [2.45, 2.75) is 38.1 Å². The third-order valence-electron chi connectivity index (χ3n) is 6.85. The Kier molecular flexibility index (Phi) is 6.41. The lowest BCUT2D eigenvalue weighted by molar-refractivity contribution is 0.192. The van der Waals surface area contributed by atoms with Crippen molar-refractivity contribution in [2.24, 2.45) is 17.1 Å². The lowest BCUT2D eigenvalue weighted by Crippen LogP contribution is -2.53. The number of ether oxygens (including phenoxy) is 1. The summed E-state index contributed by atoms with van der Waals surface area (Å²) in [6.07, 6.45) is 1.19. The molecule has 3 heterocycles. The second-order valence-corrected chi connectivity index (χ2v) is 11.8. The molecule has 2 aromatic carbocycles. The van der Waals surface area contributed by atoms with E-state index in [4.69, 9.17) is 10.5 Å². The zero-order valence-electron chi connectivity index (χ0n) is 19.3. The van der Waals surface area contributed by atoms with Crippen LogP contribution < -0.4 is 20.3 Å². The number of hydrogen-bond acceptors (Lipinski definition) is 6. The van der Waals surface area contributed by atoms with E-state index in [1.54, 1.807) is 12.1 Å². The normalized spacial score (nSPS) is 22.6. The average molecular weight is 458 g/mol. The van der Waals surface area contributed by atoms with Crippen LogP contribution in [-0.2, 0) is 9.84 Å². The van der Waals surface area contributed by atoms with Gasteiger partial charge in [-0.15, -0.1) is 0 Å². The van der Waals surface area contributed by atoms with Crippen LogP contribution >= 0.6 is 0 Å². The van der Waals surface area contributed by atoms with Gasteiger partial charge in [-0.1, -0.05) is 13.8 Å². The van der Waals surface area contributed by atoms with Crippen LogP contribution in [0.15, 0.2) is 53.4 Å². The number of piperidine rings is 1. The van der Waals surface area contributed by atoms with Crippen molar-refractivity contribution in [3.05, 3.63) is 48.5 Å². The lowest BCUT2D eigenvalue weighted by atomic mass is 9.73. The second kappa shape index (κ2) is 8.94. The molecule has 2 N–H and O–H groups in total. The van der Waals surface area contributed by atoms with Crippen LogP contribution in [0.4, 0.5) is 11.4 Å². The number of fused-ring (bicyclic) bond motifs is 4. The molecule has 32 heavy (non-hydrogen) atoms. The molecule has 2 bridgehead atoms. The predicted octanol–water partition coefficient (Wildman–Crippen LogP) is 3.56. The van der Waals surface area contributed by atoms with Crippen molar-refractivity contribution < 1.29 is 13.2 Å². The van der Waals surface area contributed by atoms with E-state index in [0.717, 1.165) is 31.1 Å². The number of anilines is 2. The molecular weight excluding hydrogens is 422 g/mol. The van der Waals surface area contributed by atoms with Gasteiger partial charge in [0, 0.05) is 37.6 Å². The first-order valence-electron chi connectivity index (χ1n) is 11.5. The SMILES string of the molecule is CCOc1ccc(N2CC3CN(c4ccc(S(=O)(=O)CCN)cc4)CC2C(C)(C)C3)cc1. The van der Waals surface area contributed by atoms with Gasteiger partial charge in [0.2, 0.25) is 0 Å². The highest BCUT2D eigenvalue weighted by Gasteiger charge is 2.45. The summed E-state index contributed by atoms with van der Waals surface area (Å²) >= 11 is 0. The van der Waals surface area contributed by atoms with Gasteiger partial charge in [0.05, 0.1) is 23.3 Å². The van der Waals surface area contributed by atoms with E-state index in [1.807, 2.05) is 19.1 Å². The zero-order valence-corrected chi connectivity index (χ0v) is 20.1. The van der Waals surface area contributed by atoms with Crippen molar-refractivity contribution >= 4 is 21.2 Å². The number of nitrogens with two attached hydrogens (primary N) is 1. The molecule has 0 saturated carbocycles. The average Bonchev–Trinajstić information content (AvgIpc) is 3.02. The van der Waals surface area contributed by atoms with Gasteiger partial charge < -0.3 is 20.3 Å². The standard InChI is InChI=1S/C25H35N3O3S/c1-4-31-22-9-5-21(6-10-22)28-17-19-15-25(2,3)24(28)18-27(16-19)20-7-11-23(12-8-20)32(29,30)14-13-26/h5-12,19,24H,4,13-18,26H2,1-3H3. The van der Waals surface area contributed by atoms with E-state index >= 15 is 0 Å². The molecule has 174 valence electrons. The summed E-state index contributed by atoms with van der Waals surface area (Å²) in [5.74, 6) is 1.42. The van der Waals surface area contributed by atoms with Crippen molar-refractivity contribution in [3.8, 4) is 5.75 Å². The Morgan fingerprint density at radius 3 is 2.28 bits per heavy atom. The van der Waals surface area contributed by atoms with E-state index in [1.165, 1.54) is 12.1 Å². The molecule has 0 aliphatic carbocycles. The summed E-state index contributed by atoms with van der Waals surface area (Å²) in [6, 6.07) is 16.2. The topological polar surface area (TPSA) is 75.9 Å². The monoisotopic (exact) mass is 457 g/mol. The smallest absolute Gasteiger partial charge is 0.179 e. The van der Waals surface area contributed by atoms with Crippen LogP contribution in [0.1, 0.15) is 27.2 Å². The van der Waals surface area contributed by atoms with Gasteiger partial charge in [-0.3, -0.25) is 0 Å². The summed E-state index contributed by atoms with van der Waals surface area (Å²) in [5.41, 5.74) is 7.96. The zero-order chi connectivity index (χ0) is 22.9.